The van der Waals surface area contributed by atoms with Crippen LogP contribution in [0, 0.1) is 11.8 Å². The zero-order valence-electron chi connectivity index (χ0n) is 10.3. The lowest BCUT2D eigenvalue weighted by Gasteiger charge is -2.15. The van der Waals surface area contributed by atoms with Crippen LogP contribution in [0.15, 0.2) is 30.3 Å². The van der Waals surface area contributed by atoms with E-state index in [1.807, 2.05) is 6.07 Å². The lowest BCUT2D eigenvalue weighted by Crippen LogP contribution is -2.28. The highest BCUT2D eigenvalue weighted by atomic mass is 15.1. The number of nitrogens with one attached hydrogen (secondary N) is 1. The van der Waals surface area contributed by atoms with Crippen LogP contribution in [0.1, 0.15) is 12.0 Å². The van der Waals surface area contributed by atoms with Crippen molar-refractivity contribution >= 4 is 0 Å². The average molecular weight is 228 g/mol. The Morgan fingerprint density at radius 1 is 1.06 bits per heavy atom. The van der Waals surface area contributed by atoms with E-state index < -0.39 is 0 Å². The molecule has 2 rings (SSSR count). The second-order valence-electron chi connectivity index (χ2n) is 4.40. The lowest BCUT2D eigenvalue weighted by molar-refractivity contribution is 0.329. The minimum Gasteiger partial charge on any atom is -0.315 e. The molecule has 1 aromatic rings. The summed E-state index contributed by atoms with van der Waals surface area (Å²) in [5.41, 5.74) is 1.30. The molecule has 0 saturated carbocycles. The minimum absolute atomic E-state index is 0.868. The smallest absolute Gasteiger partial charge is 0.0602 e. The molecular weight excluding hydrogens is 208 g/mol. The highest BCUT2D eigenvalue weighted by molar-refractivity contribution is 5.20. The number of benzene rings is 1. The molecule has 90 valence electrons. The molecule has 1 aliphatic heterocycles. The Morgan fingerprint density at radius 3 is 2.82 bits per heavy atom. The summed E-state index contributed by atoms with van der Waals surface area (Å²) >= 11 is 0. The van der Waals surface area contributed by atoms with Crippen LogP contribution in [0.2, 0.25) is 0 Å². The van der Waals surface area contributed by atoms with E-state index in [2.05, 4.69) is 46.3 Å². The van der Waals surface area contributed by atoms with Crippen molar-refractivity contribution in [1.82, 2.24) is 10.2 Å². The summed E-state index contributed by atoms with van der Waals surface area (Å²) in [6.45, 7) is 5.45. The number of nitrogens with zero attached hydrogens (tertiary/aromatic N) is 1. The highest BCUT2D eigenvalue weighted by Crippen LogP contribution is 1.98. The fourth-order valence-electron chi connectivity index (χ4n) is 1.99. The minimum atomic E-state index is 0.868. The van der Waals surface area contributed by atoms with Gasteiger partial charge in [0.25, 0.3) is 0 Å². The second kappa shape index (κ2) is 7.11. The van der Waals surface area contributed by atoms with Gasteiger partial charge in [-0.15, -0.1) is 0 Å². The molecule has 0 spiro atoms. The Bertz CT molecular complexity index is 367. The zero-order chi connectivity index (χ0) is 11.8. The molecule has 0 atom stereocenters. The van der Waals surface area contributed by atoms with Gasteiger partial charge in [0.05, 0.1) is 6.54 Å². The molecule has 1 aliphatic rings. The summed E-state index contributed by atoms with van der Waals surface area (Å²) in [4.78, 5) is 2.43. The molecule has 0 radical (unpaired) electrons. The van der Waals surface area contributed by atoms with E-state index in [9.17, 15) is 0 Å². The largest absolute Gasteiger partial charge is 0.315 e. The molecule has 1 N–H and O–H groups in total. The third-order valence-electron chi connectivity index (χ3n) is 3.00. The van der Waals surface area contributed by atoms with Crippen LogP contribution in [0.5, 0.6) is 0 Å². The van der Waals surface area contributed by atoms with Gasteiger partial charge in [-0.25, -0.2) is 0 Å². The van der Waals surface area contributed by atoms with E-state index >= 15 is 0 Å². The molecule has 1 aromatic carbocycles. The third-order valence-corrected chi connectivity index (χ3v) is 3.00. The molecule has 2 nitrogen and oxygen atoms in total. The van der Waals surface area contributed by atoms with Gasteiger partial charge in [-0.2, -0.15) is 0 Å². The van der Waals surface area contributed by atoms with Crippen molar-refractivity contribution < 1.29 is 0 Å². The number of rotatable bonds is 2. The van der Waals surface area contributed by atoms with Gasteiger partial charge < -0.3 is 5.32 Å². The first-order valence-corrected chi connectivity index (χ1v) is 6.38. The van der Waals surface area contributed by atoms with Crippen LogP contribution in [0.4, 0.5) is 0 Å². The van der Waals surface area contributed by atoms with Crippen LogP contribution >= 0.6 is 0 Å². The Balaban J connectivity index is 1.74. The summed E-state index contributed by atoms with van der Waals surface area (Å²) in [5.74, 6) is 6.54. The third kappa shape index (κ3) is 4.60. The van der Waals surface area contributed by atoms with Gasteiger partial charge in [0.1, 0.15) is 0 Å². The molecule has 17 heavy (non-hydrogen) atoms. The second-order valence-corrected chi connectivity index (χ2v) is 4.40. The molecular formula is C15H20N2. The lowest BCUT2D eigenvalue weighted by atomic mass is 10.2. The Hall–Kier alpha value is -1.30. The maximum absolute atomic E-state index is 3.40. The van der Waals surface area contributed by atoms with Crippen molar-refractivity contribution in [3.63, 3.8) is 0 Å². The first-order valence-electron chi connectivity index (χ1n) is 6.38. The van der Waals surface area contributed by atoms with Gasteiger partial charge in [0.2, 0.25) is 0 Å². The molecule has 0 aromatic heterocycles. The van der Waals surface area contributed by atoms with Gasteiger partial charge in [0.15, 0.2) is 0 Å². The van der Waals surface area contributed by atoms with Crippen molar-refractivity contribution in [2.45, 2.75) is 12.8 Å². The van der Waals surface area contributed by atoms with Crippen molar-refractivity contribution in [2.24, 2.45) is 0 Å². The standard InChI is InChI=1S/C15H20N2/c1-2-7-15(8-3-1)9-4-5-12-17-13-6-10-16-11-14-17/h1-3,7-8,16H,6,9-14H2. The maximum Gasteiger partial charge on any atom is 0.0602 e. The van der Waals surface area contributed by atoms with E-state index in [1.54, 1.807) is 0 Å². The van der Waals surface area contributed by atoms with Crippen LogP contribution in [0.25, 0.3) is 0 Å². The van der Waals surface area contributed by atoms with Crippen LogP contribution in [-0.4, -0.2) is 37.6 Å². The SMILES string of the molecule is C(#CCN1CCCNCC1)Cc1ccccc1. The fourth-order valence-corrected chi connectivity index (χ4v) is 1.99. The van der Waals surface area contributed by atoms with Crippen LogP contribution < -0.4 is 5.32 Å². The summed E-state index contributed by atoms with van der Waals surface area (Å²) in [5, 5.41) is 3.40. The van der Waals surface area contributed by atoms with Gasteiger partial charge in [-0.1, -0.05) is 42.2 Å². The predicted molar refractivity (Wildman–Crippen MR) is 71.8 cm³/mol. The molecule has 0 amide bonds. The van der Waals surface area contributed by atoms with Gasteiger partial charge in [0, 0.05) is 26.1 Å². The Morgan fingerprint density at radius 2 is 1.94 bits per heavy atom. The van der Waals surface area contributed by atoms with Crippen molar-refractivity contribution in [3.05, 3.63) is 35.9 Å². The molecule has 1 heterocycles. The number of hydrogen-bond acceptors (Lipinski definition) is 2. The van der Waals surface area contributed by atoms with Crippen molar-refractivity contribution in [2.75, 3.05) is 32.7 Å². The normalized spacial score (nSPS) is 16.9. The Labute approximate surface area is 104 Å². The van der Waals surface area contributed by atoms with E-state index in [0.29, 0.717) is 0 Å². The van der Waals surface area contributed by atoms with E-state index in [0.717, 1.165) is 32.6 Å². The first-order chi connectivity index (χ1) is 8.45. The van der Waals surface area contributed by atoms with E-state index in [-0.39, 0.29) is 0 Å². The Kier molecular flexibility index (Phi) is 5.09. The zero-order valence-corrected chi connectivity index (χ0v) is 10.3. The number of hydrogen-bond donors (Lipinski definition) is 1. The maximum atomic E-state index is 3.40. The van der Waals surface area contributed by atoms with Gasteiger partial charge >= 0.3 is 0 Å². The summed E-state index contributed by atoms with van der Waals surface area (Å²) in [6.07, 6.45) is 2.10. The fraction of sp³-hybridized carbons (Fsp3) is 0.467. The summed E-state index contributed by atoms with van der Waals surface area (Å²) in [7, 11) is 0. The monoisotopic (exact) mass is 228 g/mol. The summed E-state index contributed by atoms with van der Waals surface area (Å²) < 4.78 is 0. The first kappa shape index (κ1) is 12.2. The van der Waals surface area contributed by atoms with Crippen molar-refractivity contribution in [1.29, 1.82) is 0 Å². The summed E-state index contributed by atoms with van der Waals surface area (Å²) in [6, 6.07) is 10.4. The van der Waals surface area contributed by atoms with Crippen LogP contribution in [0.3, 0.4) is 0 Å². The molecule has 0 aliphatic carbocycles. The molecule has 1 saturated heterocycles. The molecule has 0 unspecified atom stereocenters. The van der Waals surface area contributed by atoms with Crippen LogP contribution in [-0.2, 0) is 6.42 Å². The van der Waals surface area contributed by atoms with Gasteiger partial charge in [-0.05, 0) is 18.5 Å². The molecule has 0 bridgehead atoms. The molecule has 2 heteroatoms. The quantitative estimate of drug-likeness (QED) is 0.772. The van der Waals surface area contributed by atoms with E-state index in [1.165, 1.54) is 18.5 Å². The highest BCUT2D eigenvalue weighted by Gasteiger charge is 2.05. The topological polar surface area (TPSA) is 15.3 Å². The van der Waals surface area contributed by atoms with Gasteiger partial charge in [-0.3, -0.25) is 4.90 Å². The molecule has 1 fully saturated rings. The van der Waals surface area contributed by atoms with E-state index in [4.69, 9.17) is 0 Å². The average Bonchev–Trinajstić information content (AvgIpc) is 2.65. The van der Waals surface area contributed by atoms with Crippen molar-refractivity contribution in [3.8, 4) is 11.8 Å². The predicted octanol–water partition coefficient (Wildman–Crippen LogP) is 1.53.